The van der Waals surface area contributed by atoms with Gasteiger partial charge in [0.05, 0.1) is 6.10 Å². The molecule has 0 saturated heterocycles. The molecule has 2 aromatic carbocycles. The molecule has 0 aliphatic rings. The van der Waals surface area contributed by atoms with Crippen molar-refractivity contribution >= 4 is 0 Å². The van der Waals surface area contributed by atoms with Crippen LogP contribution >= 0.6 is 0 Å². The summed E-state index contributed by atoms with van der Waals surface area (Å²) in [6.07, 6.45) is -0.942. The number of aliphatic hydroxyl groups excluding tert-OH is 1. The van der Waals surface area contributed by atoms with Crippen molar-refractivity contribution in [2.75, 3.05) is 6.54 Å². The molecule has 3 heteroatoms. The largest absolute Gasteiger partial charge is 0.388 e. The average molecular weight is 273 g/mol. The Balaban J connectivity index is 2.35. The highest BCUT2D eigenvalue weighted by molar-refractivity contribution is 5.32. The second-order valence-corrected chi connectivity index (χ2v) is 5.22. The van der Waals surface area contributed by atoms with Crippen LogP contribution in [0.15, 0.2) is 42.5 Å². The summed E-state index contributed by atoms with van der Waals surface area (Å²) in [6.45, 7) is 4.13. The fraction of sp³-hybridized carbons (Fsp3) is 0.294. The van der Waals surface area contributed by atoms with Crippen molar-refractivity contribution in [3.05, 3.63) is 70.5 Å². The first-order chi connectivity index (χ1) is 9.52. The van der Waals surface area contributed by atoms with Gasteiger partial charge >= 0.3 is 0 Å². The molecule has 3 N–H and O–H groups in total. The lowest BCUT2D eigenvalue weighted by atomic mass is 9.88. The maximum atomic E-state index is 13.9. The topological polar surface area (TPSA) is 46.2 Å². The number of rotatable bonds is 4. The highest BCUT2D eigenvalue weighted by atomic mass is 19.1. The Morgan fingerprint density at radius 1 is 1.05 bits per heavy atom. The number of aryl methyl sites for hydroxylation is 2. The van der Waals surface area contributed by atoms with Crippen molar-refractivity contribution in [2.45, 2.75) is 25.9 Å². The van der Waals surface area contributed by atoms with E-state index in [0.717, 1.165) is 16.7 Å². The Hall–Kier alpha value is -1.71. The molecular weight excluding hydrogens is 253 g/mol. The molecule has 0 fully saturated rings. The monoisotopic (exact) mass is 273 g/mol. The van der Waals surface area contributed by atoms with Gasteiger partial charge in [0.2, 0.25) is 0 Å². The van der Waals surface area contributed by atoms with E-state index in [1.54, 1.807) is 12.1 Å². The van der Waals surface area contributed by atoms with E-state index in [1.807, 2.05) is 38.1 Å². The summed E-state index contributed by atoms with van der Waals surface area (Å²) in [5, 5.41) is 10.5. The molecule has 0 aliphatic carbocycles. The fourth-order valence-corrected chi connectivity index (χ4v) is 2.37. The van der Waals surface area contributed by atoms with E-state index in [4.69, 9.17) is 5.73 Å². The molecule has 0 heterocycles. The minimum atomic E-state index is -0.942. The van der Waals surface area contributed by atoms with Gasteiger partial charge in [-0.05, 0) is 25.5 Å². The van der Waals surface area contributed by atoms with Crippen LogP contribution in [0.5, 0.6) is 0 Å². The van der Waals surface area contributed by atoms with Gasteiger partial charge in [-0.3, -0.25) is 0 Å². The van der Waals surface area contributed by atoms with Crippen molar-refractivity contribution in [1.29, 1.82) is 0 Å². The lowest BCUT2D eigenvalue weighted by Gasteiger charge is -2.23. The molecule has 106 valence electrons. The minimum absolute atomic E-state index is 0.262. The Kier molecular flexibility index (Phi) is 4.53. The molecule has 0 bridgehead atoms. The maximum absolute atomic E-state index is 13.9. The SMILES string of the molecule is Cc1ccc(C(CN)C(O)c2cc(C)ccc2F)cc1. The number of nitrogens with two attached hydrogens (primary N) is 1. The molecule has 20 heavy (non-hydrogen) atoms. The van der Waals surface area contributed by atoms with Crippen molar-refractivity contribution < 1.29 is 9.50 Å². The summed E-state index contributed by atoms with van der Waals surface area (Å²) >= 11 is 0. The first-order valence-corrected chi connectivity index (χ1v) is 6.73. The predicted molar refractivity (Wildman–Crippen MR) is 79.1 cm³/mol. The van der Waals surface area contributed by atoms with Crippen LogP contribution in [0.3, 0.4) is 0 Å². The molecule has 2 rings (SSSR count). The highest BCUT2D eigenvalue weighted by Crippen LogP contribution is 2.32. The third-order valence-electron chi connectivity index (χ3n) is 3.61. The summed E-state index contributed by atoms with van der Waals surface area (Å²) in [6, 6.07) is 12.6. The van der Waals surface area contributed by atoms with Gasteiger partial charge in [0.25, 0.3) is 0 Å². The highest BCUT2D eigenvalue weighted by Gasteiger charge is 2.24. The quantitative estimate of drug-likeness (QED) is 0.898. The van der Waals surface area contributed by atoms with Crippen LogP contribution in [0.25, 0.3) is 0 Å². The van der Waals surface area contributed by atoms with Crippen molar-refractivity contribution in [3.63, 3.8) is 0 Å². The Bertz CT molecular complexity index is 580. The predicted octanol–water partition coefficient (Wildman–Crippen LogP) is 3.22. The van der Waals surface area contributed by atoms with Gasteiger partial charge in [-0.25, -0.2) is 4.39 Å². The number of benzene rings is 2. The molecule has 2 atom stereocenters. The third-order valence-corrected chi connectivity index (χ3v) is 3.61. The molecule has 0 saturated carbocycles. The van der Waals surface area contributed by atoms with Crippen molar-refractivity contribution in [3.8, 4) is 0 Å². The van der Waals surface area contributed by atoms with Crippen molar-refractivity contribution in [1.82, 2.24) is 0 Å². The summed E-state index contributed by atoms with van der Waals surface area (Å²) < 4.78 is 13.9. The molecule has 0 spiro atoms. The number of hydrogen-bond donors (Lipinski definition) is 2. The van der Waals surface area contributed by atoms with E-state index < -0.39 is 11.9 Å². The zero-order valence-corrected chi connectivity index (χ0v) is 11.8. The van der Waals surface area contributed by atoms with E-state index in [0.29, 0.717) is 5.56 Å². The normalized spacial score (nSPS) is 14.1. The summed E-state index contributed by atoms with van der Waals surface area (Å²) in [7, 11) is 0. The van der Waals surface area contributed by atoms with Crippen LogP contribution < -0.4 is 5.73 Å². The van der Waals surface area contributed by atoms with Crippen LogP contribution in [-0.2, 0) is 0 Å². The average Bonchev–Trinajstić information content (AvgIpc) is 2.44. The first-order valence-electron chi connectivity index (χ1n) is 6.73. The minimum Gasteiger partial charge on any atom is -0.388 e. The third kappa shape index (κ3) is 3.06. The molecule has 2 unspecified atom stereocenters. The maximum Gasteiger partial charge on any atom is 0.129 e. The molecule has 0 radical (unpaired) electrons. The van der Waals surface area contributed by atoms with Gasteiger partial charge in [0, 0.05) is 18.0 Å². The van der Waals surface area contributed by atoms with E-state index in [-0.39, 0.29) is 12.5 Å². The van der Waals surface area contributed by atoms with E-state index in [1.165, 1.54) is 6.07 Å². The van der Waals surface area contributed by atoms with Gasteiger partial charge < -0.3 is 10.8 Å². The number of halogens is 1. The molecule has 2 nitrogen and oxygen atoms in total. The van der Waals surface area contributed by atoms with E-state index >= 15 is 0 Å². The second kappa shape index (κ2) is 6.16. The lowest BCUT2D eigenvalue weighted by Crippen LogP contribution is -2.21. The van der Waals surface area contributed by atoms with Crippen LogP contribution in [0, 0.1) is 19.7 Å². The molecular formula is C17H20FNO. The number of hydrogen-bond acceptors (Lipinski definition) is 2. The summed E-state index contributed by atoms with van der Waals surface area (Å²) in [5.41, 5.74) is 9.07. The fourth-order valence-electron chi connectivity index (χ4n) is 2.37. The Morgan fingerprint density at radius 3 is 2.25 bits per heavy atom. The smallest absolute Gasteiger partial charge is 0.129 e. The van der Waals surface area contributed by atoms with Crippen LogP contribution in [0.1, 0.15) is 34.3 Å². The van der Waals surface area contributed by atoms with Gasteiger partial charge in [-0.15, -0.1) is 0 Å². The standard InChI is InChI=1S/C17H20FNO/c1-11-3-6-13(7-4-11)15(10-19)17(20)14-9-12(2)5-8-16(14)18/h3-9,15,17,20H,10,19H2,1-2H3. The Morgan fingerprint density at radius 2 is 1.65 bits per heavy atom. The Labute approximate surface area is 119 Å². The van der Waals surface area contributed by atoms with E-state index in [2.05, 4.69) is 0 Å². The van der Waals surface area contributed by atoms with Crippen LogP contribution in [0.4, 0.5) is 4.39 Å². The van der Waals surface area contributed by atoms with Crippen LogP contribution in [0.2, 0.25) is 0 Å². The van der Waals surface area contributed by atoms with Crippen LogP contribution in [-0.4, -0.2) is 11.7 Å². The molecule has 0 aromatic heterocycles. The van der Waals surface area contributed by atoms with Gasteiger partial charge in [0.15, 0.2) is 0 Å². The van der Waals surface area contributed by atoms with E-state index in [9.17, 15) is 9.50 Å². The lowest BCUT2D eigenvalue weighted by molar-refractivity contribution is 0.143. The zero-order chi connectivity index (χ0) is 14.7. The molecule has 0 amide bonds. The number of aliphatic hydroxyl groups is 1. The second-order valence-electron chi connectivity index (χ2n) is 5.22. The van der Waals surface area contributed by atoms with Gasteiger partial charge in [-0.1, -0.05) is 47.5 Å². The summed E-state index contributed by atoms with van der Waals surface area (Å²) in [4.78, 5) is 0. The van der Waals surface area contributed by atoms with Crippen molar-refractivity contribution in [2.24, 2.45) is 5.73 Å². The zero-order valence-electron chi connectivity index (χ0n) is 11.8. The molecule has 0 aliphatic heterocycles. The first kappa shape index (κ1) is 14.7. The summed E-state index contributed by atoms with van der Waals surface area (Å²) in [5.74, 6) is -0.708. The molecule has 2 aromatic rings. The van der Waals surface area contributed by atoms with Gasteiger partial charge in [0.1, 0.15) is 5.82 Å². The van der Waals surface area contributed by atoms with Gasteiger partial charge in [-0.2, -0.15) is 0 Å².